The fourth-order valence-corrected chi connectivity index (χ4v) is 4.32. The molecule has 1 aromatic carbocycles. The standard InChI is InChI=1S/C25H33ClFN3O4Si/c1-16-22(26)21-20(10-11-28-23(21)30(16)15-32-12-13-35(5,6)7)33-17-8-9-19(18(27)14-17)29-24(31)34-25(2,3)4/h8-11,14H,12-13,15H2,1-7H3,(H,29,31). The predicted octanol–water partition coefficient (Wildman–Crippen LogP) is 7.59. The second-order valence-electron chi connectivity index (χ2n) is 10.6. The van der Waals surface area contributed by atoms with Crippen LogP contribution in [0.1, 0.15) is 26.5 Å². The van der Waals surface area contributed by atoms with Crippen LogP contribution in [0.3, 0.4) is 0 Å². The van der Waals surface area contributed by atoms with Gasteiger partial charge >= 0.3 is 6.09 Å². The lowest BCUT2D eigenvalue weighted by atomic mass is 10.2. The summed E-state index contributed by atoms with van der Waals surface area (Å²) in [5.74, 6) is 0.0306. The molecule has 3 rings (SSSR count). The first kappa shape index (κ1) is 27.0. The number of anilines is 1. The molecule has 0 bridgehead atoms. The number of benzene rings is 1. The average Bonchev–Trinajstić information content (AvgIpc) is 2.96. The van der Waals surface area contributed by atoms with Gasteiger partial charge in [0.1, 0.15) is 29.5 Å². The summed E-state index contributed by atoms with van der Waals surface area (Å²) < 4.78 is 33.6. The van der Waals surface area contributed by atoms with Gasteiger partial charge in [-0.25, -0.2) is 14.2 Å². The number of nitrogens with zero attached hydrogens (tertiary/aromatic N) is 2. The van der Waals surface area contributed by atoms with Gasteiger partial charge in [0.05, 0.1) is 16.1 Å². The van der Waals surface area contributed by atoms with Crippen LogP contribution in [-0.2, 0) is 16.2 Å². The van der Waals surface area contributed by atoms with Gasteiger partial charge in [0.2, 0.25) is 0 Å². The lowest BCUT2D eigenvalue weighted by Gasteiger charge is -2.19. The molecule has 0 spiro atoms. The van der Waals surface area contributed by atoms with Crippen LogP contribution >= 0.6 is 11.6 Å². The minimum Gasteiger partial charge on any atom is -0.456 e. The molecule has 0 aliphatic carbocycles. The maximum Gasteiger partial charge on any atom is 0.412 e. The molecule has 0 aliphatic rings. The molecular weight excluding hydrogens is 489 g/mol. The van der Waals surface area contributed by atoms with Crippen molar-refractivity contribution in [1.82, 2.24) is 9.55 Å². The Kier molecular flexibility index (Phi) is 8.13. The summed E-state index contributed by atoms with van der Waals surface area (Å²) in [5, 5.41) is 3.53. The molecule has 0 aliphatic heterocycles. The van der Waals surface area contributed by atoms with Crippen molar-refractivity contribution in [2.45, 2.75) is 65.7 Å². The van der Waals surface area contributed by atoms with Crippen molar-refractivity contribution in [1.29, 1.82) is 0 Å². The Labute approximate surface area is 211 Å². The largest absolute Gasteiger partial charge is 0.456 e. The van der Waals surface area contributed by atoms with E-state index in [-0.39, 0.29) is 11.4 Å². The van der Waals surface area contributed by atoms with E-state index in [0.717, 1.165) is 11.7 Å². The van der Waals surface area contributed by atoms with Crippen molar-refractivity contribution in [2.24, 2.45) is 0 Å². The maximum absolute atomic E-state index is 14.7. The van der Waals surface area contributed by atoms with Crippen LogP contribution in [0.4, 0.5) is 14.9 Å². The molecule has 0 atom stereocenters. The normalized spacial score (nSPS) is 12.1. The number of hydrogen-bond donors (Lipinski definition) is 1. The van der Waals surface area contributed by atoms with E-state index in [1.165, 1.54) is 12.1 Å². The number of halogens is 2. The fraction of sp³-hybridized carbons (Fsp3) is 0.440. The number of carbonyl (C=O) groups excluding carboxylic acids is 1. The molecule has 0 fully saturated rings. The van der Waals surface area contributed by atoms with Gasteiger partial charge in [-0.05, 0) is 51.9 Å². The molecule has 2 aromatic heterocycles. The number of hydrogen-bond acceptors (Lipinski definition) is 5. The zero-order chi connectivity index (χ0) is 26.0. The van der Waals surface area contributed by atoms with Gasteiger partial charge in [0.25, 0.3) is 0 Å². The number of rotatable bonds is 8. The number of carbonyl (C=O) groups is 1. The van der Waals surface area contributed by atoms with Gasteiger partial charge < -0.3 is 18.8 Å². The molecule has 10 heteroatoms. The van der Waals surface area contributed by atoms with Crippen LogP contribution in [0.5, 0.6) is 11.5 Å². The molecule has 0 unspecified atom stereocenters. The van der Waals surface area contributed by atoms with Crippen LogP contribution in [0.2, 0.25) is 30.7 Å². The average molecular weight is 522 g/mol. The minimum absolute atomic E-state index is 0.0121. The summed E-state index contributed by atoms with van der Waals surface area (Å²) in [6.45, 7) is 15.0. The van der Waals surface area contributed by atoms with Gasteiger partial charge in [0.15, 0.2) is 5.82 Å². The predicted molar refractivity (Wildman–Crippen MR) is 140 cm³/mol. The van der Waals surface area contributed by atoms with E-state index in [9.17, 15) is 9.18 Å². The first-order chi connectivity index (χ1) is 16.2. The highest BCUT2D eigenvalue weighted by Gasteiger charge is 2.20. The molecule has 1 N–H and O–H groups in total. The maximum atomic E-state index is 14.7. The lowest BCUT2D eigenvalue weighted by Crippen LogP contribution is -2.27. The van der Waals surface area contributed by atoms with Crippen LogP contribution < -0.4 is 10.1 Å². The zero-order valence-electron chi connectivity index (χ0n) is 21.3. The van der Waals surface area contributed by atoms with Gasteiger partial charge in [-0.3, -0.25) is 5.32 Å². The van der Waals surface area contributed by atoms with Gasteiger partial charge in [-0.1, -0.05) is 31.2 Å². The Morgan fingerprint density at radius 1 is 1.23 bits per heavy atom. The van der Waals surface area contributed by atoms with E-state index in [2.05, 4.69) is 29.9 Å². The van der Waals surface area contributed by atoms with Crippen molar-refractivity contribution >= 4 is 42.5 Å². The Morgan fingerprint density at radius 3 is 2.57 bits per heavy atom. The monoisotopic (exact) mass is 521 g/mol. The van der Waals surface area contributed by atoms with Crippen molar-refractivity contribution in [3.63, 3.8) is 0 Å². The summed E-state index contributed by atoms with van der Waals surface area (Å²) in [7, 11) is -1.20. The number of nitrogens with one attached hydrogen (secondary N) is 1. The molecule has 0 saturated heterocycles. The topological polar surface area (TPSA) is 74.6 Å². The third-order valence-corrected chi connectivity index (χ3v) is 7.28. The van der Waals surface area contributed by atoms with Crippen molar-refractivity contribution in [3.05, 3.63) is 47.0 Å². The first-order valence-electron chi connectivity index (χ1n) is 11.4. The highest BCUT2D eigenvalue weighted by Crippen LogP contribution is 2.38. The zero-order valence-corrected chi connectivity index (χ0v) is 23.0. The summed E-state index contributed by atoms with van der Waals surface area (Å²) >= 11 is 6.65. The third-order valence-electron chi connectivity index (χ3n) is 5.11. The van der Waals surface area contributed by atoms with Gasteiger partial charge in [-0.15, -0.1) is 0 Å². The molecule has 0 saturated carbocycles. The first-order valence-corrected chi connectivity index (χ1v) is 15.5. The molecule has 0 radical (unpaired) electrons. The number of ether oxygens (including phenoxy) is 3. The van der Waals surface area contributed by atoms with Gasteiger partial charge in [0, 0.05) is 32.6 Å². The van der Waals surface area contributed by atoms with E-state index in [0.29, 0.717) is 35.1 Å². The van der Waals surface area contributed by atoms with Gasteiger partial charge in [-0.2, -0.15) is 0 Å². The highest BCUT2D eigenvalue weighted by molar-refractivity contribution is 6.76. The molecule has 2 heterocycles. The summed E-state index contributed by atoms with van der Waals surface area (Å²) in [5.41, 5.74) is 0.730. The summed E-state index contributed by atoms with van der Waals surface area (Å²) in [6, 6.07) is 6.90. The molecule has 190 valence electrons. The van der Waals surface area contributed by atoms with Crippen LogP contribution in [0.25, 0.3) is 11.0 Å². The smallest absolute Gasteiger partial charge is 0.412 e. The molecule has 35 heavy (non-hydrogen) atoms. The molecule has 7 nitrogen and oxygen atoms in total. The minimum atomic E-state index is -1.20. The lowest BCUT2D eigenvalue weighted by molar-refractivity contribution is 0.0635. The van der Waals surface area contributed by atoms with Crippen LogP contribution in [-0.4, -0.2) is 35.9 Å². The van der Waals surface area contributed by atoms with E-state index in [1.54, 1.807) is 39.1 Å². The Balaban J connectivity index is 1.79. The number of aromatic nitrogens is 2. The Bertz CT molecular complexity index is 1220. The van der Waals surface area contributed by atoms with Crippen molar-refractivity contribution in [3.8, 4) is 11.5 Å². The number of pyridine rings is 1. The Morgan fingerprint density at radius 2 is 1.94 bits per heavy atom. The second-order valence-corrected chi connectivity index (χ2v) is 16.6. The van der Waals surface area contributed by atoms with E-state index >= 15 is 0 Å². The highest BCUT2D eigenvalue weighted by atomic mass is 35.5. The fourth-order valence-electron chi connectivity index (χ4n) is 3.28. The second kappa shape index (κ2) is 10.6. The quantitative estimate of drug-likeness (QED) is 0.244. The van der Waals surface area contributed by atoms with E-state index in [4.69, 9.17) is 25.8 Å². The summed E-state index contributed by atoms with van der Waals surface area (Å²) in [6.07, 6.45) is 0.873. The number of fused-ring (bicyclic) bond motifs is 1. The summed E-state index contributed by atoms with van der Waals surface area (Å²) in [4.78, 5) is 16.4. The van der Waals surface area contributed by atoms with Crippen molar-refractivity contribution in [2.75, 3.05) is 11.9 Å². The van der Waals surface area contributed by atoms with Crippen LogP contribution in [0, 0.1) is 12.7 Å². The third kappa shape index (κ3) is 7.19. The Hall–Kier alpha value is -2.62. The molecular formula is C25H33ClFN3O4Si. The van der Waals surface area contributed by atoms with Crippen LogP contribution in [0.15, 0.2) is 30.5 Å². The van der Waals surface area contributed by atoms with E-state index < -0.39 is 25.6 Å². The molecule has 1 amide bonds. The van der Waals surface area contributed by atoms with E-state index in [1.807, 2.05) is 11.5 Å². The molecule has 3 aromatic rings. The SMILES string of the molecule is Cc1c(Cl)c2c(Oc3ccc(NC(=O)OC(C)(C)C)c(F)c3)ccnc2n1COCC[Si](C)(C)C. The van der Waals surface area contributed by atoms with Crippen molar-refractivity contribution < 1.29 is 23.4 Å². The number of amides is 1.